The quantitative estimate of drug-likeness (QED) is 0.730. The monoisotopic (exact) mass is 193 g/mol. The number of hydrogen-bond donors (Lipinski definition) is 1. The lowest BCUT2D eigenvalue weighted by Gasteiger charge is -2.32. The van der Waals surface area contributed by atoms with E-state index in [9.17, 15) is 0 Å². The summed E-state index contributed by atoms with van der Waals surface area (Å²) in [7, 11) is 0. The molecule has 0 aromatic carbocycles. The van der Waals surface area contributed by atoms with Crippen LogP contribution in [0.4, 0.5) is 0 Å². The van der Waals surface area contributed by atoms with Gasteiger partial charge < -0.3 is 10.6 Å². The lowest BCUT2D eigenvalue weighted by Crippen LogP contribution is -2.42. The fraction of sp³-hybridized carbons (Fsp3) is 0.909. The van der Waals surface area contributed by atoms with Gasteiger partial charge in [0.15, 0.2) is 0 Å². The van der Waals surface area contributed by atoms with E-state index in [-0.39, 0.29) is 0 Å². The largest absolute Gasteiger partial charge is 0.328 e. The molecule has 0 radical (unpaired) electrons. The number of piperidine rings is 1. The Morgan fingerprint density at radius 2 is 2.00 bits per heavy atom. The fourth-order valence-electron chi connectivity index (χ4n) is 2.32. The first-order valence-electron chi connectivity index (χ1n) is 5.59. The first-order valence-corrected chi connectivity index (χ1v) is 5.59. The van der Waals surface area contributed by atoms with Crippen molar-refractivity contribution in [2.75, 3.05) is 19.6 Å². The van der Waals surface area contributed by atoms with Gasteiger partial charge in [-0.3, -0.25) is 0 Å². The van der Waals surface area contributed by atoms with E-state index < -0.39 is 0 Å². The lowest BCUT2D eigenvalue weighted by atomic mass is 9.99. The maximum absolute atomic E-state index is 8.72. The van der Waals surface area contributed by atoms with Crippen molar-refractivity contribution in [3.63, 3.8) is 0 Å². The van der Waals surface area contributed by atoms with E-state index in [0.717, 1.165) is 38.9 Å². The van der Waals surface area contributed by atoms with Crippen LogP contribution >= 0.6 is 0 Å². The van der Waals surface area contributed by atoms with Crippen molar-refractivity contribution in [2.45, 2.75) is 38.1 Å². The van der Waals surface area contributed by atoms with Crippen molar-refractivity contribution < 1.29 is 0 Å². The highest BCUT2D eigenvalue weighted by atomic mass is 15.1. The van der Waals surface area contributed by atoms with Crippen LogP contribution in [0.2, 0.25) is 0 Å². The Balaban J connectivity index is 1.78. The van der Waals surface area contributed by atoms with E-state index in [1.807, 2.05) is 0 Å². The summed E-state index contributed by atoms with van der Waals surface area (Å²) in [5, 5.41) is 8.72. The predicted octanol–water partition coefficient (Wildman–Crippen LogP) is 1.10. The first-order chi connectivity index (χ1) is 6.74. The molecular formula is C11H19N3. The molecule has 2 rings (SSSR count). The van der Waals surface area contributed by atoms with Gasteiger partial charge >= 0.3 is 0 Å². The zero-order valence-electron chi connectivity index (χ0n) is 8.71. The van der Waals surface area contributed by atoms with Crippen molar-refractivity contribution in [1.82, 2.24) is 4.90 Å². The molecule has 78 valence electrons. The third kappa shape index (κ3) is 2.26. The molecule has 1 saturated carbocycles. The molecule has 2 fully saturated rings. The molecule has 1 heterocycles. The second kappa shape index (κ2) is 3.88. The molecule has 0 spiro atoms. The first kappa shape index (κ1) is 9.95. The molecule has 0 atom stereocenters. The molecular weight excluding hydrogens is 174 g/mol. The van der Waals surface area contributed by atoms with Crippen molar-refractivity contribution in [1.29, 1.82) is 5.26 Å². The molecule has 3 heteroatoms. The average Bonchev–Trinajstić information content (AvgIpc) is 2.90. The number of hydrogen-bond acceptors (Lipinski definition) is 3. The summed E-state index contributed by atoms with van der Waals surface area (Å²) in [4.78, 5) is 2.49. The van der Waals surface area contributed by atoms with E-state index in [1.165, 1.54) is 12.8 Å². The number of likely N-dealkylation sites (tertiary alicyclic amines) is 1. The van der Waals surface area contributed by atoms with Crippen molar-refractivity contribution in [3.8, 4) is 6.07 Å². The van der Waals surface area contributed by atoms with Gasteiger partial charge in [0.1, 0.15) is 0 Å². The van der Waals surface area contributed by atoms with Crippen LogP contribution in [-0.2, 0) is 0 Å². The van der Waals surface area contributed by atoms with Gasteiger partial charge in [-0.1, -0.05) is 0 Å². The molecule has 0 bridgehead atoms. The van der Waals surface area contributed by atoms with Gasteiger partial charge in [-0.25, -0.2) is 0 Å². The predicted molar refractivity (Wildman–Crippen MR) is 55.5 cm³/mol. The minimum atomic E-state index is 0.371. The molecule has 2 N–H and O–H groups in total. The second-order valence-corrected chi connectivity index (χ2v) is 4.95. The van der Waals surface area contributed by atoms with Crippen LogP contribution < -0.4 is 5.73 Å². The highest BCUT2D eigenvalue weighted by Crippen LogP contribution is 2.49. The maximum Gasteiger partial charge on any atom is 0.0628 e. The minimum absolute atomic E-state index is 0.371. The Bertz CT molecular complexity index is 231. The van der Waals surface area contributed by atoms with Gasteiger partial charge in [0.2, 0.25) is 0 Å². The Labute approximate surface area is 85.9 Å². The molecule has 2 aliphatic rings. The van der Waals surface area contributed by atoms with Crippen molar-refractivity contribution >= 4 is 0 Å². The maximum atomic E-state index is 8.72. The minimum Gasteiger partial charge on any atom is -0.328 e. The summed E-state index contributed by atoms with van der Waals surface area (Å²) in [6, 6.07) is 2.73. The van der Waals surface area contributed by atoms with Gasteiger partial charge in [0, 0.05) is 19.0 Å². The fourth-order valence-corrected chi connectivity index (χ4v) is 2.32. The van der Waals surface area contributed by atoms with Gasteiger partial charge in [0.25, 0.3) is 0 Å². The van der Waals surface area contributed by atoms with E-state index in [4.69, 9.17) is 11.0 Å². The van der Waals surface area contributed by atoms with Gasteiger partial charge in [-0.2, -0.15) is 5.26 Å². The summed E-state index contributed by atoms with van der Waals surface area (Å²) < 4.78 is 0. The molecule has 3 nitrogen and oxygen atoms in total. The summed E-state index contributed by atoms with van der Waals surface area (Å²) in [5.41, 5.74) is 6.23. The van der Waals surface area contributed by atoms with Crippen LogP contribution in [0.15, 0.2) is 0 Å². The van der Waals surface area contributed by atoms with Crippen molar-refractivity contribution in [2.24, 2.45) is 11.1 Å². The third-order valence-electron chi connectivity index (χ3n) is 3.60. The van der Waals surface area contributed by atoms with E-state index >= 15 is 0 Å². The van der Waals surface area contributed by atoms with Crippen molar-refractivity contribution in [3.05, 3.63) is 0 Å². The van der Waals surface area contributed by atoms with Crippen LogP contribution in [-0.4, -0.2) is 30.6 Å². The normalized spacial score (nSPS) is 27.1. The topological polar surface area (TPSA) is 53.0 Å². The molecule has 14 heavy (non-hydrogen) atoms. The van der Waals surface area contributed by atoms with Crippen LogP contribution in [0, 0.1) is 16.7 Å². The Morgan fingerprint density at radius 1 is 1.36 bits per heavy atom. The zero-order valence-corrected chi connectivity index (χ0v) is 8.71. The Kier molecular flexibility index (Phi) is 2.76. The summed E-state index contributed by atoms with van der Waals surface area (Å²) in [5.74, 6) is 0. The zero-order chi connectivity index (χ0) is 10.0. The molecule has 1 aliphatic heterocycles. The van der Waals surface area contributed by atoms with E-state index in [1.54, 1.807) is 0 Å². The van der Waals surface area contributed by atoms with Crippen LogP contribution in [0.5, 0.6) is 0 Å². The Hall–Kier alpha value is -0.590. The van der Waals surface area contributed by atoms with Crippen LogP contribution in [0.1, 0.15) is 32.1 Å². The number of nitrogens with zero attached hydrogens (tertiary/aromatic N) is 2. The average molecular weight is 193 g/mol. The Morgan fingerprint density at radius 3 is 2.50 bits per heavy atom. The summed E-state index contributed by atoms with van der Waals surface area (Å²) in [6.07, 6.45) is 5.51. The summed E-state index contributed by atoms with van der Waals surface area (Å²) >= 11 is 0. The smallest absolute Gasteiger partial charge is 0.0628 e. The summed E-state index contributed by atoms with van der Waals surface area (Å²) in [6.45, 7) is 3.40. The van der Waals surface area contributed by atoms with Gasteiger partial charge in [0.05, 0.1) is 6.07 Å². The number of nitriles is 1. The second-order valence-electron chi connectivity index (χ2n) is 4.95. The molecule has 0 amide bonds. The van der Waals surface area contributed by atoms with Crippen LogP contribution in [0.25, 0.3) is 0 Å². The highest BCUT2D eigenvalue weighted by Gasteiger charge is 2.43. The molecule has 0 aromatic rings. The lowest BCUT2D eigenvalue weighted by molar-refractivity contribution is 0.176. The number of nitrogens with two attached hydrogens (primary N) is 1. The van der Waals surface area contributed by atoms with E-state index in [2.05, 4.69) is 11.0 Å². The molecule has 1 saturated heterocycles. The van der Waals surface area contributed by atoms with E-state index in [0.29, 0.717) is 11.5 Å². The number of rotatable bonds is 3. The third-order valence-corrected chi connectivity index (χ3v) is 3.60. The van der Waals surface area contributed by atoms with Crippen LogP contribution in [0.3, 0.4) is 0 Å². The molecule has 0 aromatic heterocycles. The van der Waals surface area contributed by atoms with Gasteiger partial charge in [-0.05, 0) is 44.2 Å². The molecule has 1 aliphatic carbocycles. The molecule has 0 unspecified atom stereocenters. The highest BCUT2D eigenvalue weighted by molar-refractivity contribution is 5.01. The standard InChI is InChI=1S/C11H19N3/c12-6-5-11(3-4-11)9-14-7-1-10(13)2-8-14/h10H,1-5,7-9,13H2. The van der Waals surface area contributed by atoms with Gasteiger partial charge in [-0.15, -0.1) is 0 Å². The SMILES string of the molecule is N#CCC1(CN2CCC(N)CC2)CC1.